The molecule has 0 bridgehead atoms. The molecule has 0 amide bonds. The predicted octanol–water partition coefficient (Wildman–Crippen LogP) is 1.98. The number of rotatable bonds is 2. The minimum absolute atomic E-state index is 0.0121. The quantitative estimate of drug-likeness (QED) is 0.784. The fourth-order valence-corrected chi connectivity index (χ4v) is 2.90. The molecule has 0 saturated carbocycles. The van der Waals surface area contributed by atoms with Crippen LogP contribution in [-0.2, 0) is 18.1 Å². The van der Waals surface area contributed by atoms with E-state index in [2.05, 4.69) is 0 Å². The molecule has 1 heterocycles. The van der Waals surface area contributed by atoms with Gasteiger partial charge >= 0.3 is 0 Å². The van der Waals surface area contributed by atoms with Crippen molar-refractivity contribution < 1.29 is 10.2 Å². The Morgan fingerprint density at radius 1 is 1.36 bits per heavy atom. The van der Waals surface area contributed by atoms with Crippen molar-refractivity contribution in [2.24, 2.45) is 0 Å². The first-order valence-electron chi connectivity index (χ1n) is 4.73. The minimum Gasteiger partial charge on any atom is -0.392 e. The lowest BCUT2D eigenvalue weighted by molar-refractivity contribution is 0.193. The van der Waals surface area contributed by atoms with Crippen molar-refractivity contribution in [3.05, 3.63) is 34.4 Å². The summed E-state index contributed by atoms with van der Waals surface area (Å²) in [4.78, 5) is 0. The first-order valence-corrected chi connectivity index (χ1v) is 5.89. The van der Waals surface area contributed by atoms with Crippen molar-refractivity contribution in [2.45, 2.75) is 31.1 Å². The first kappa shape index (κ1) is 10.0. The molecule has 2 rings (SSSR count). The highest BCUT2D eigenvalue weighted by Crippen LogP contribution is 2.33. The second-order valence-corrected chi connectivity index (χ2v) is 4.63. The molecular formula is C11H14O2S. The lowest BCUT2D eigenvalue weighted by atomic mass is 9.97. The van der Waals surface area contributed by atoms with Crippen LogP contribution in [0.15, 0.2) is 12.1 Å². The molecule has 0 radical (unpaired) electrons. The van der Waals surface area contributed by atoms with Crippen molar-refractivity contribution >= 4 is 11.8 Å². The minimum atomic E-state index is -0.493. The molecule has 1 aromatic carbocycles. The SMILES string of the molecule is CC(O)c1cc2c(cc1CO)CSC2. The Balaban J connectivity index is 2.49. The summed E-state index contributed by atoms with van der Waals surface area (Å²) in [7, 11) is 0. The fourth-order valence-electron chi connectivity index (χ4n) is 1.82. The average molecular weight is 210 g/mol. The number of thioether (sulfide) groups is 1. The number of benzene rings is 1. The Kier molecular flexibility index (Phi) is 2.81. The summed E-state index contributed by atoms with van der Waals surface area (Å²) in [6, 6.07) is 4.06. The Bertz CT molecular complexity index is 347. The predicted molar refractivity (Wildman–Crippen MR) is 58.0 cm³/mol. The third-order valence-electron chi connectivity index (χ3n) is 2.60. The Labute approximate surface area is 88.0 Å². The molecule has 1 aliphatic heterocycles. The van der Waals surface area contributed by atoms with Gasteiger partial charge in [0.05, 0.1) is 12.7 Å². The average Bonchev–Trinajstić information content (AvgIpc) is 2.62. The van der Waals surface area contributed by atoms with Crippen LogP contribution in [0, 0.1) is 0 Å². The molecular weight excluding hydrogens is 196 g/mol. The zero-order chi connectivity index (χ0) is 10.1. The Morgan fingerprint density at radius 2 is 2.00 bits per heavy atom. The van der Waals surface area contributed by atoms with E-state index in [0.717, 1.165) is 22.6 Å². The van der Waals surface area contributed by atoms with E-state index >= 15 is 0 Å². The summed E-state index contributed by atoms with van der Waals surface area (Å²) in [6.07, 6.45) is -0.493. The van der Waals surface area contributed by atoms with Gasteiger partial charge in [-0.15, -0.1) is 0 Å². The largest absolute Gasteiger partial charge is 0.392 e. The molecule has 0 aliphatic carbocycles. The van der Waals surface area contributed by atoms with E-state index < -0.39 is 6.10 Å². The van der Waals surface area contributed by atoms with Crippen molar-refractivity contribution in [1.29, 1.82) is 0 Å². The molecule has 1 aromatic rings. The van der Waals surface area contributed by atoms with Gasteiger partial charge in [0.1, 0.15) is 0 Å². The van der Waals surface area contributed by atoms with Gasteiger partial charge in [-0.25, -0.2) is 0 Å². The molecule has 1 atom stereocenters. The van der Waals surface area contributed by atoms with Gasteiger partial charge in [-0.3, -0.25) is 0 Å². The van der Waals surface area contributed by atoms with E-state index in [-0.39, 0.29) is 6.61 Å². The molecule has 0 saturated heterocycles. The monoisotopic (exact) mass is 210 g/mol. The van der Waals surface area contributed by atoms with Crippen molar-refractivity contribution in [2.75, 3.05) is 0 Å². The maximum atomic E-state index is 9.55. The highest BCUT2D eigenvalue weighted by atomic mass is 32.2. The van der Waals surface area contributed by atoms with Crippen LogP contribution >= 0.6 is 11.8 Å². The van der Waals surface area contributed by atoms with E-state index in [1.165, 1.54) is 11.1 Å². The van der Waals surface area contributed by atoms with Gasteiger partial charge in [0.15, 0.2) is 0 Å². The summed E-state index contributed by atoms with van der Waals surface area (Å²) < 4.78 is 0. The molecule has 1 unspecified atom stereocenters. The topological polar surface area (TPSA) is 40.5 Å². The van der Waals surface area contributed by atoms with Gasteiger partial charge in [-0.2, -0.15) is 11.8 Å². The van der Waals surface area contributed by atoms with Crippen molar-refractivity contribution in [1.82, 2.24) is 0 Å². The third-order valence-corrected chi connectivity index (χ3v) is 3.63. The Morgan fingerprint density at radius 3 is 2.57 bits per heavy atom. The maximum absolute atomic E-state index is 9.55. The number of aliphatic hydroxyl groups excluding tert-OH is 2. The van der Waals surface area contributed by atoms with Crippen LogP contribution in [0.1, 0.15) is 35.3 Å². The molecule has 0 aromatic heterocycles. The highest BCUT2D eigenvalue weighted by Gasteiger charge is 2.16. The van der Waals surface area contributed by atoms with E-state index in [4.69, 9.17) is 0 Å². The van der Waals surface area contributed by atoms with Crippen LogP contribution in [0.3, 0.4) is 0 Å². The first-order chi connectivity index (χ1) is 6.72. The van der Waals surface area contributed by atoms with E-state index in [0.29, 0.717) is 0 Å². The molecule has 2 N–H and O–H groups in total. The van der Waals surface area contributed by atoms with E-state index in [1.807, 2.05) is 23.9 Å². The molecule has 76 valence electrons. The number of hydrogen-bond donors (Lipinski definition) is 2. The van der Waals surface area contributed by atoms with Gasteiger partial charge in [-0.05, 0) is 29.2 Å². The van der Waals surface area contributed by atoms with E-state index in [9.17, 15) is 10.2 Å². The van der Waals surface area contributed by atoms with Gasteiger partial charge in [-0.1, -0.05) is 12.1 Å². The molecule has 0 fully saturated rings. The molecule has 14 heavy (non-hydrogen) atoms. The summed E-state index contributed by atoms with van der Waals surface area (Å²) in [5.41, 5.74) is 4.35. The fraction of sp³-hybridized carbons (Fsp3) is 0.455. The smallest absolute Gasteiger partial charge is 0.0765 e. The van der Waals surface area contributed by atoms with E-state index in [1.54, 1.807) is 6.92 Å². The summed E-state index contributed by atoms with van der Waals surface area (Å²) in [5.74, 6) is 2.06. The van der Waals surface area contributed by atoms with Crippen LogP contribution in [0.5, 0.6) is 0 Å². The van der Waals surface area contributed by atoms with Crippen LogP contribution in [-0.4, -0.2) is 10.2 Å². The third kappa shape index (κ3) is 1.67. The van der Waals surface area contributed by atoms with Crippen molar-refractivity contribution in [3.8, 4) is 0 Å². The highest BCUT2D eigenvalue weighted by molar-refractivity contribution is 7.98. The van der Waals surface area contributed by atoms with Gasteiger partial charge in [0, 0.05) is 11.5 Å². The Hall–Kier alpha value is -0.510. The van der Waals surface area contributed by atoms with Crippen molar-refractivity contribution in [3.63, 3.8) is 0 Å². The molecule has 0 spiro atoms. The van der Waals surface area contributed by atoms with Gasteiger partial charge in [0.25, 0.3) is 0 Å². The second kappa shape index (κ2) is 3.93. The van der Waals surface area contributed by atoms with Crippen LogP contribution in [0.25, 0.3) is 0 Å². The number of hydrogen-bond acceptors (Lipinski definition) is 3. The number of aliphatic hydroxyl groups is 2. The number of fused-ring (bicyclic) bond motifs is 1. The maximum Gasteiger partial charge on any atom is 0.0765 e. The lowest BCUT2D eigenvalue weighted by Gasteiger charge is -2.12. The summed E-state index contributed by atoms with van der Waals surface area (Å²) in [5, 5.41) is 18.7. The standard InChI is InChI=1S/C11H14O2S/c1-7(13)11-3-10-6-14-5-9(10)2-8(11)4-12/h2-3,7,12-13H,4-6H2,1H3. The zero-order valence-electron chi connectivity index (χ0n) is 8.16. The van der Waals surface area contributed by atoms with Crippen LogP contribution in [0.2, 0.25) is 0 Å². The second-order valence-electron chi connectivity index (χ2n) is 3.65. The van der Waals surface area contributed by atoms with Crippen LogP contribution < -0.4 is 0 Å². The molecule has 1 aliphatic rings. The van der Waals surface area contributed by atoms with Gasteiger partial charge in [0.2, 0.25) is 0 Å². The molecule has 3 heteroatoms. The zero-order valence-corrected chi connectivity index (χ0v) is 8.97. The van der Waals surface area contributed by atoms with Gasteiger partial charge < -0.3 is 10.2 Å². The lowest BCUT2D eigenvalue weighted by Crippen LogP contribution is -2.01. The molecule has 2 nitrogen and oxygen atoms in total. The normalized spacial score (nSPS) is 16.8. The summed E-state index contributed by atoms with van der Waals surface area (Å²) in [6.45, 7) is 1.75. The van der Waals surface area contributed by atoms with Crippen LogP contribution in [0.4, 0.5) is 0 Å². The summed E-state index contributed by atoms with van der Waals surface area (Å²) >= 11 is 1.88.